The number of rotatable bonds is 5. The van der Waals surface area contributed by atoms with E-state index in [1.165, 1.54) is 0 Å². The Labute approximate surface area is 106 Å². The van der Waals surface area contributed by atoms with Gasteiger partial charge in [-0.25, -0.2) is 9.48 Å². The van der Waals surface area contributed by atoms with Crippen LogP contribution in [0.2, 0.25) is 0 Å². The second-order valence-electron chi connectivity index (χ2n) is 4.00. The van der Waals surface area contributed by atoms with Gasteiger partial charge in [0.25, 0.3) is 0 Å². The smallest absolute Gasteiger partial charge is 0.358 e. The summed E-state index contributed by atoms with van der Waals surface area (Å²) in [6, 6.07) is 1.62. The van der Waals surface area contributed by atoms with E-state index >= 15 is 0 Å². The molecule has 1 atom stereocenters. The SMILES string of the molecule is CCOCC1CCn2nc(C(=O)OCC)cc2O1. The van der Waals surface area contributed by atoms with E-state index < -0.39 is 5.97 Å². The number of carbonyl (C=O) groups excluding carboxylic acids is 1. The summed E-state index contributed by atoms with van der Waals surface area (Å²) < 4.78 is 17.6. The Morgan fingerprint density at radius 2 is 2.39 bits per heavy atom. The lowest BCUT2D eigenvalue weighted by atomic mass is 10.2. The van der Waals surface area contributed by atoms with E-state index in [9.17, 15) is 4.79 Å². The van der Waals surface area contributed by atoms with Crippen LogP contribution >= 0.6 is 0 Å². The number of hydrogen-bond donors (Lipinski definition) is 0. The van der Waals surface area contributed by atoms with E-state index in [1.54, 1.807) is 17.7 Å². The van der Waals surface area contributed by atoms with Crippen molar-refractivity contribution in [3.05, 3.63) is 11.8 Å². The Hall–Kier alpha value is -1.56. The first-order valence-electron chi connectivity index (χ1n) is 6.24. The first-order valence-corrected chi connectivity index (χ1v) is 6.24. The predicted octanol–water partition coefficient (Wildman–Crippen LogP) is 1.25. The first-order chi connectivity index (χ1) is 8.74. The third-order valence-corrected chi connectivity index (χ3v) is 2.69. The van der Waals surface area contributed by atoms with Crippen molar-refractivity contribution < 1.29 is 19.0 Å². The van der Waals surface area contributed by atoms with Gasteiger partial charge in [0, 0.05) is 25.6 Å². The lowest BCUT2D eigenvalue weighted by Gasteiger charge is -2.24. The summed E-state index contributed by atoms with van der Waals surface area (Å²) in [4.78, 5) is 11.5. The molecule has 2 heterocycles. The molecule has 0 saturated heterocycles. The van der Waals surface area contributed by atoms with Crippen molar-refractivity contribution in [3.63, 3.8) is 0 Å². The average Bonchev–Trinajstić information content (AvgIpc) is 2.79. The van der Waals surface area contributed by atoms with Crippen LogP contribution < -0.4 is 4.74 Å². The van der Waals surface area contributed by atoms with Gasteiger partial charge in [0.05, 0.1) is 13.2 Å². The highest BCUT2D eigenvalue weighted by atomic mass is 16.5. The highest BCUT2D eigenvalue weighted by Gasteiger charge is 2.24. The van der Waals surface area contributed by atoms with Crippen LogP contribution in [0.1, 0.15) is 30.8 Å². The van der Waals surface area contributed by atoms with Gasteiger partial charge in [-0.15, -0.1) is 0 Å². The van der Waals surface area contributed by atoms with Gasteiger partial charge in [0.15, 0.2) is 5.69 Å². The zero-order valence-electron chi connectivity index (χ0n) is 10.7. The molecule has 0 bridgehead atoms. The van der Waals surface area contributed by atoms with Gasteiger partial charge in [-0.05, 0) is 13.8 Å². The maximum Gasteiger partial charge on any atom is 0.358 e. The molecule has 2 rings (SSSR count). The molecule has 6 heteroatoms. The summed E-state index contributed by atoms with van der Waals surface area (Å²) in [6.07, 6.45) is 0.862. The summed E-state index contributed by atoms with van der Waals surface area (Å²) in [5.74, 6) is 0.193. The molecule has 1 aliphatic heterocycles. The Morgan fingerprint density at radius 1 is 1.56 bits per heavy atom. The number of fused-ring (bicyclic) bond motifs is 1. The maximum atomic E-state index is 11.5. The van der Waals surface area contributed by atoms with Crippen LogP contribution in [0, 0.1) is 0 Å². The zero-order chi connectivity index (χ0) is 13.0. The highest BCUT2D eigenvalue weighted by molar-refractivity contribution is 5.87. The summed E-state index contributed by atoms with van der Waals surface area (Å²) in [7, 11) is 0. The molecule has 1 unspecified atom stereocenters. The van der Waals surface area contributed by atoms with Crippen LogP contribution in [-0.4, -0.2) is 41.7 Å². The van der Waals surface area contributed by atoms with Gasteiger partial charge in [0.2, 0.25) is 5.88 Å². The molecule has 6 nitrogen and oxygen atoms in total. The standard InChI is InChI=1S/C12H18N2O4/c1-3-16-8-9-5-6-14-11(18-9)7-10(13-14)12(15)17-4-2/h7,9H,3-6,8H2,1-2H3. The van der Waals surface area contributed by atoms with Crippen molar-refractivity contribution >= 4 is 5.97 Å². The van der Waals surface area contributed by atoms with E-state index in [0.717, 1.165) is 13.0 Å². The van der Waals surface area contributed by atoms with Crippen molar-refractivity contribution in [2.24, 2.45) is 0 Å². The second kappa shape index (κ2) is 5.86. The summed E-state index contributed by atoms with van der Waals surface area (Å²) in [6.45, 7) is 6.03. The van der Waals surface area contributed by atoms with Crippen LogP contribution in [0.15, 0.2) is 6.07 Å². The van der Waals surface area contributed by atoms with Gasteiger partial charge in [0.1, 0.15) is 6.10 Å². The number of nitrogens with zero attached hydrogens (tertiary/aromatic N) is 2. The third-order valence-electron chi connectivity index (χ3n) is 2.69. The monoisotopic (exact) mass is 254 g/mol. The molecule has 0 spiro atoms. The molecule has 1 aliphatic rings. The van der Waals surface area contributed by atoms with Crippen molar-refractivity contribution in [1.82, 2.24) is 9.78 Å². The lowest BCUT2D eigenvalue weighted by Crippen LogP contribution is -2.30. The van der Waals surface area contributed by atoms with Gasteiger partial charge >= 0.3 is 5.97 Å². The number of aryl methyl sites for hydroxylation is 1. The van der Waals surface area contributed by atoms with Crippen molar-refractivity contribution in [3.8, 4) is 5.88 Å². The molecular weight excluding hydrogens is 236 g/mol. The van der Waals surface area contributed by atoms with Gasteiger partial charge in [-0.3, -0.25) is 0 Å². The summed E-state index contributed by atoms with van der Waals surface area (Å²) in [5.41, 5.74) is 0.295. The molecular formula is C12H18N2O4. The van der Waals surface area contributed by atoms with E-state index in [-0.39, 0.29) is 6.10 Å². The van der Waals surface area contributed by atoms with E-state index in [2.05, 4.69) is 5.10 Å². The minimum Gasteiger partial charge on any atom is -0.472 e. The molecule has 0 aliphatic carbocycles. The number of ether oxygens (including phenoxy) is 3. The Morgan fingerprint density at radius 3 is 3.11 bits per heavy atom. The normalized spacial score (nSPS) is 18.0. The molecule has 0 saturated carbocycles. The Bertz CT molecular complexity index is 416. The summed E-state index contributed by atoms with van der Waals surface area (Å²) >= 11 is 0. The van der Waals surface area contributed by atoms with Crippen LogP contribution in [0.25, 0.3) is 0 Å². The van der Waals surface area contributed by atoms with E-state index in [1.807, 2.05) is 6.92 Å². The topological polar surface area (TPSA) is 62.6 Å². The number of aromatic nitrogens is 2. The molecule has 0 radical (unpaired) electrons. The van der Waals surface area contributed by atoms with Gasteiger partial charge in [-0.1, -0.05) is 0 Å². The van der Waals surface area contributed by atoms with Crippen molar-refractivity contribution in [2.75, 3.05) is 19.8 Å². The Kier molecular flexibility index (Phi) is 4.19. The number of esters is 1. The minimum atomic E-state index is -0.413. The zero-order valence-corrected chi connectivity index (χ0v) is 10.7. The second-order valence-corrected chi connectivity index (χ2v) is 4.00. The van der Waals surface area contributed by atoms with Gasteiger partial charge < -0.3 is 14.2 Å². The molecule has 1 aromatic heterocycles. The lowest BCUT2D eigenvalue weighted by molar-refractivity contribution is 0.0308. The third kappa shape index (κ3) is 2.81. The highest BCUT2D eigenvalue weighted by Crippen LogP contribution is 2.22. The Balaban J connectivity index is 2.02. The average molecular weight is 254 g/mol. The summed E-state index contributed by atoms with van der Waals surface area (Å²) in [5, 5.41) is 4.16. The van der Waals surface area contributed by atoms with Crippen LogP contribution in [-0.2, 0) is 16.0 Å². The van der Waals surface area contributed by atoms with Crippen molar-refractivity contribution in [2.45, 2.75) is 32.9 Å². The van der Waals surface area contributed by atoms with Gasteiger partial charge in [-0.2, -0.15) is 5.10 Å². The molecule has 0 aromatic carbocycles. The predicted molar refractivity (Wildman–Crippen MR) is 63.7 cm³/mol. The van der Waals surface area contributed by atoms with E-state index in [4.69, 9.17) is 14.2 Å². The number of carbonyl (C=O) groups is 1. The largest absolute Gasteiger partial charge is 0.472 e. The minimum absolute atomic E-state index is 0.0317. The van der Waals surface area contributed by atoms with Crippen LogP contribution in [0.5, 0.6) is 5.88 Å². The van der Waals surface area contributed by atoms with Crippen molar-refractivity contribution in [1.29, 1.82) is 0 Å². The molecule has 18 heavy (non-hydrogen) atoms. The first kappa shape index (κ1) is 12.9. The molecule has 0 amide bonds. The van der Waals surface area contributed by atoms with Crippen LogP contribution in [0.4, 0.5) is 0 Å². The molecule has 100 valence electrons. The fraction of sp³-hybridized carbons (Fsp3) is 0.667. The molecule has 0 fully saturated rings. The maximum absolute atomic E-state index is 11.5. The molecule has 1 aromatic rings. The molecule has 0 N–H and O–H groups in total. The fourth-order valence-corrected chi connectivity index (χ4v) is 1.82. The quantitative estimate of drug-likeness (QED) is 0.740. The van der Waals surface area contributed by atoms with Crippen LogP contribution in [0.3, 0.4) is 0 Å². The number of hydrogen-bond acceptors (Lipinski definition) is 5. The fourth-order valence-electron chi connectivity index (χ4n) is 1.82. The van der Waals surface area contributed by atoms with E-state index in [0.29, 0.717) is 31.4 Å².